The van der Waals surface area contributed by atoms with Crippen LogP contribution in [0.5, 0.6) is 0 Å². The van der Waals surface area contributed by atoms with Crippen molar-refractivity contribution >= 4 is 18.1 Å². The van der Waals surface area contributed by atoms with Crippen LogP contribution in [0.1, 0.15) is 66.2 Å². The maximum Gasteiger partial charge on any atom is 1.00 e. The first-order chi connectivity index (χ1) is 13.8. The monoisotopic (exact) mass is 450 g/mol. The summed E-state index contributed by atoms with van der Waals surface area (Å²) in [5.41, 5.74) is 0. The third-order valence-corrected chi connectivity index (χ3v) is 5.11. The molecule has 0 aromatic rings. The Morgan fingerprint density at radius 3 is 2.13 bits per heavy atom. The fraction of sp³-hybridized carbons (Fsp3) is 0.864. The number of nitrogens with zero attached hydrogens (tertiary/aromatic N) is 1. The van der Waals surface area contributed by atoms with E-state index >= 15 is 0 Å². The van der Waals surface area contributed by atoms with E-state index in [2.05, 4.69) is 11.6 Å². The number of amides is 2. The van der Waals surface area contributed by atoms with Gasteiger partial charge in [0, 0.05) is 31.5 Å². The van der Waals surface area contributed by atoms with E-state index in [0.717, 1.165) is 25.7 Å². The summed E-state index contributed by atoms with van der Waals surface area (Å²) >= 11 is 0. The molecule has 30 heavy (non-hydrogen) atoms. The Morgan fingerprint density at radius 1 is 1.00 bits per heavy atom. The third kappa shape index (κ3) is 13.6. The van der Waals surface area contributed by atoms with Crippen LogP contribution in [0.15, 0.2) is 0 Å². The maximum absolute atomic E-state index is 12.2. The summed E-state index contributed by atoms with van der Waals surface area (Å²) in [5, 5.41) is 3.00. The molecule has 1 aliphatic rings. The average molecular weight is 451 g/mol. The first-order valence-corrected chi connectivity index (χ1v) is 11.0. The van der Waals surface area contributed by atoms with E-state index in [-0.39, 0.29) is 81.2 Å². The van der Waals surface area contributed by atoms with Crippen molar-refractivity contribution < 1.29 is 75.2 Å². The molecule has 8 heteroatoms. The number of carbonyl (C=O) groups is 2. The molecule has 168 valence electrons. The molecule has 1 saturated carbocycles. The fourth-order valence-electron chi connectivity index (χ4n) is 3.44. The van der Waals surface area contributed by atoms with Crippen LogP contribution in [-0.2, 0) is 23.9 Å². The summed E-state index contributed by atoms with van der Waals surface area (Å²) < 4.78 is 11.0. The van der Waals surface area contributed by atoms with Crippen LogP contribution in [-0.4, -0.2) is 68.1 Å². The Morgan fingerprint density at radius 2 is 1.60 bits per heavy atom. The zero-order valence-corrected chi connectivity index (χ0v) is 22.7. The number of hydrogen-bond donors (Lipinski definition) is 1. The van der Waals surface area contributed by atoms with E-state index in [1.54, 1.807) is 0 Å². The standard InChI is InChI=1S/C22H39N2O5.K/c1-17(2)15-22(27)24(18(3)4)10-12-29-14-13-28-11-9-21(26)23-20-7-5-19(16-25)6-8-20;/h17-20H,5-15H2,1-4H3,(H,23,26);/q-1;+1. The summed E-state index contributed by atoms with van der Waals surface area (Å²) in [4.78, 5) is 36.7. The predicted molar refractivity (Wildman–Crippen MR) is 112 cm³/mol. The minimum atomic E-state index is -0.0132. The van der Waals surface area contributed by atoms with Gasteiger partial charge >= 0.3 is 51.4 Å². The van der Waals surface area contributed by atoms with E-state index in [1.165, 1.54) is 0 Å². The van der Waals surface area contributed by atoms with E-state index in [9.17, 15) is 14.4 Å². The number of carbonyl (C=O) groups excluding carboxylic acids is 3. The van der Waals surface area contributed by atoms with Gasteiger partial charge in [-0.15, -0.1) is 5.92 Å². The van der Waals surface area contributed by atoms with Crippen molar-refractivity contribution in [3.05, 3.63) is 0 Å². The molecule has 1 rings (SSSR count). The largest absolute Gasteiger partial charge is 1.00 e. The van der Waals surface area contributed by atoms with E-state index in [4.69, 9.17) is 9.47 Å². The Labute approximate surface area is 224 Å². The summed E-state index contributed by atoms with van der Waals surface area (Å²) in [7, 11) is 0. The molecule has 1 aliphatic carbocycles. The summed E-state index contributed by atoms with van der Waals surface area (Å²) in [5.74, 6) is 0.534. The van der Waals surface area contributed by atoms with Crippen molar-refractivity contribution in [3.63, 3.8) is 0 Å². The van der Waals surface area contributed by atoms with Gasteiger partial charge in [0.25, 0.3) is 0 Å². The zero-order valence-electron chi connectivity index (χ0n) is 19.6. The summed E-state index contributed by atoms with van der Waals surface area (Å²) in [6, 6.07) is 0.323. The van der Waals surface area contributed by atoms with Crippen molar-refractivity contribution in [2.45, 2.75) is 78.3 Å². The molecule has 0 aromatic heterocycles. The van der Waals surface area contributed by atoms with Crippen LogP contribution < -0.4 is 56.7 Å². The molecular weight excluding hydrogens is 411 g/mol. The van der Waals surface area contributed by atoms with Gasteiger partial charge in [0.2, 0.25) is 11.8 Å². The molecule has 0 atom stereocenters. The van der Waals surface area contributed by atoms with E-state index < -0.39 is 0 Å². The van der Waals surface area contributed by atoms with Gasteiger partial charge in [-0.05, 0) is 32.6 Å². The Balaban J connectivity index is 0.00000841. The molecule has 2 amide bonds. The molecule has 0 unspecified atom stereocenters. The van der Waals surface area contributed by atoms with Crippen molar-refractivity contribution in [1.82, 2.24) is 10.2 Å². The van der Waals surface area contributed by atoms with Gasteiger partial charge in [-0.25, -0.2) is 0 Å². The molecule has 0 bridgehead atoms. The van der Waals surface area contributed by atoms with Crippen LogP contribution in [0.2, 0.25) is 0 Å². The molecule has 0 radical (unpaired) electrons. The summed E-state index contributed by atoms with van der Waals surface area (Å²) in [6.07, 6.45) is 6.22. The number of rotatable bonds is 14. The Kier molecular flexibility index (Phi) is 17.8. The number of nitrogens with one attached hydrogen (secondary N) is 1. The van der Waals surface area contributed by atoms with Gasteiger partial charge in [0.05, 0.1) is 26.4 Å². The first kappa shape index (κ1) is 30.2. The van der Waals surface area contributed by atoms with Crippen LogP contribution in [0.4, 0.5) is 0 Å². The molecule has 1 N–H and O–H groups in total. The number of hydrogen-bond acceptors (Lipinski definition) is 5. The molecule has 7 nitrogen and oxygen atoms in total. The SMILES string of the molecule is CC(C)CC(=O)N(CCOCCOCCC(=O)NC1CCC([C-]=O)CC1)C(C)C.[K+]. The fourth-order valence-corrected chi connectivity index (χ4v) is 3.44. The van der Waals surface area contributed by atoms with Gasteiger partial charge in [0.15, 0.2) is 0 Å². The van der Waals surface area contributed by atoms with E-state index in [1.807, 2.05) is 32.6 Å². The Hall–Kier alpha value is 0.166. The molecule has 0 aliphatic heterocycles. The molecule has 1 fully saturated rings. The van der Waals surface area contributed by atoms with Gasteiger partial charge in [-0.3, -0.25) is 15.9 Å². The molecular formula is C22H39KN2O5. The second kappa shape index (κ2) is 17.7. The average Bonchev–Trinajstić information content (AvgIpc) is 2.66. The molecule has 0 heterocycles. The van der Waals surface area contributed by atoms with Crippen LogP contribution >= 0.6 is 0 Å². The van der Waals surface area contributed by atoms with E-state index in [0.29, 0.717) is 51.7 Å². The quantitative estimate of drug-likeness (QED) is 0.219. The minimum absolute atomic E-state index is 0. The normalized spacial score (nSPS) is 18.7. The first-order valence-electron chi connectivity index (χ1n) is 11.0. The molecule has 0 aromatic carbocycles. The predicted octanol–water partition coefficient (Wildman–Crippen LogP) is -0.518. The van der Waals surface area contributed by atoms with Crippen molar-refractivity contribution in [2.75, 3.05) is 33.0 Å². The molecule has 0 spiro atoms. The number of ether oxygens (including phenoxy) is 2. The van der Waals surface area contributed by atoms with Crippen LogP contribution in [0.25, 0.3) is 0 Å². The van der Waals surface area contributed by atoms with Crippen LogP contribution in [0.3, 0.4) is 0 Å². The molecule has 0 saturated heterocycles. The Bertz CT molecular complexity index is 494. The second-order valence-electron chi connectivity index (χ2n) is 8.49. The van der Waals surface area contributed by atoms with Gasteiger partial charge < -0.3 is 24.5 Å². The van der Waals surface area contributed by atoms with Gasteiger partial charge in [-0.2, -0.15) is 0 Å². The van der Waals surface area contributed by atoms with Crippen molar-refractivity contribution in [2.24, 2.45) is 11.8 Å². The van der Waals surface area contributed by atoms with Crippen molar-refractivity contribution in [1.29, 1.82) is 0 Å². The van der Waals surface area contributed by atoms with Crippen molar-refractivity contribution in [3.8, 4) is 0 Å². The summed E-state index contributed by atoms with van der Waals surface area (Å²) in [6.45, 7) is 10.4. The smallest absolute Gasteiger partial charge is 0.542 e. The minimum Gasteiger partial charge on any atom is -0.542 e. The maximum atomic E-state index is 12.2. The zero-order chi connectivity index (χ0) is 21.6. The van der Waals surface area contributed by atoms with Gasteiger partial charge in [-0.1, -0.05) is 26.7 Å². The topological polar surface area (TPSA) is 84.9 Å². The second-order valence-corrected chi connectivity index (χ2v) is 8.49. The van der Waals surface area contributed by atoms with Crippen LogP contribution in [0, 0.1) is 11.8 Å². The van der Waals surface area contributed by atoms with Gasteiger partial charge in [0.1, 0.15) is 0 Å². The third-order valence-electron chi connectivity index (χ3n) is 5.11.